The highest BCUT2D eigenvalue weighted by molar-refractivity contribution is 6.11. The van der Waals surface area contributed by atoms with E-state index in [9.17, 15) is 9.59 Å². The molecule has 1 aliphatic carbocycles. The molecule has 0 bridgehead atoms. The maximum Gasteiger partial charge on any atom is 0.250 e. The average Bonchev–Trinajstić information content (AvgIpc) is 3.14. The minimum Gasteiger partial charge on any atom is -0.324 e. The quantitative estimate of drug-likeness (QED) is 0.821. The number of fused-ring (bicyclic) bond motifs is 3. The number of likely N-dealkylation sites (tertiary alicyclic amines) is 1. The summed E-state index contributed by atoms with van der Waals surface area (Å²) in [4.78, 5) is 29.5. The van der Waals surface area contributed by atoms with Crippen LogP contribution in [0.2, 0.25) is 0 Å². The van der Waals surface area contributed by atoms with Gasteiger partial charge in [-0.25, -0.2) is 0 Å². The molecule has 1 amide bonds. The number of hydrogen-bond acceptors (Lipinski definition) is 3. The number of aryl methyl sites for hydroxylation is 1. The smallest absolute Gasteiger partial charge is 0.250 e. The molecule has 3 aliphatic rings. The van der Waals surface area contributed by atoms with E-state index in [0.717, 1.165) is 30.5 Å². The summed E-state index contributed by atoms with van der Waals surface area (Å²) < 4.78 is 0. The van der Waals surface area contributed by atoms with E-state index in [1.807, 2.05) is 31.3 Å². The van der Waals surface area contributed by atoms with Crippen molar-refractivity contribution in [1.82, 2.24) is 4.90 Å². The number of nitrogens with one attached hydrogen (secondary N) is 1. The molecule has 2 aromatic rings. The molecule has 3 atom stereocenters. The van der Waals surface area contributed by atoms with E-state index in [0.29, 0.717) is 13.0 Å². The van der Waals surface area contributed by atoms with E-state index < -0.39 is 11.0 Å². The fourth-order valence-corrected chi connectivity index (χ4v) is 6.22. The number of nitrogens with zero attached hydrogens (tertiary/aromatic N) is 1. The Kier molecular flexibility index (Phi) is 3.79. The van der Waals surface area contributed by atoms with Gasteiger partial charge in [-0.05, 0) is 38.4 Å². The number of benzene rings is 2. The van der Waals surface area contributed by atoms with Crippen molar-refractivity contribution in [3.8, 4) is 0 Å². The Hall–Kier alpha value is -2.46. The number of ketones is 1. The molecular weight excluding hydrogens is 348 g/mol. The zero-order chi connectivity index (χ0) is 19.5. The molecule has 5 rings (SSSR count). The van der Waals surface area contributed by atoms with Crippen molar-refractivity contribution in [2.45, 2.75) is 44.1 Å². The van der Waals surface area contributed by atoms with Crippen molar-refractivity contribution in [2.75, 3.05) is 18.9 Å². The van der Waals surface area contributed by atoms with E-state index in [2.05, 4.69) is 41.4 Å². The summed E-state index contributed by atoms with van der Waals surface area (Å²) in [5.41, 5.74) is 2.55. The first-order chi connectivity index (χ1) is 13.5. The van der Waals surface area contributed by atoms with Crippen molar-refractivity contribution in [3.05, 3.63) is 65.2 Å². The molecule has 0 aromatic heterocycles. The largest absolute Gasteiger partial charge is 0.324 e. The Balaban J connectivity index is 1.79. The Bertz CT molecular complexity index is 967. The normalized spacial score (nSPS) is 32.1. The summed E-state index contributed by atoms with van der Waals surface area (Å²) in [5, 5.41) is 3.10. The van der Waals surface area contributed by atoms with Crippen LogP contribution < -0.4 is 5.32 Å². The SMILES string of the molecule is Cc1ccc([C@@H]2CN(C)[C@]3(C(=O)Nc4ccccc43)[C@]23CCCCC3=O)cc1. The molecule has 0 unspecified atom stereocenters. The third kappa shape index (κ3) is 1.99. The number of Topliss-reactive ketones (excluding diaryl/α,β-unsaturated/α-hetero) is 1. The molecule has 2 aliphatic heterocycles. The second kappa shape index (κ2) is 6.02. The molecule has 4 heteroatoms. The van der Waals surface area contributed by atoms with Crippen molar-refractivity contribution in [3.63, 3.8) is 0 Å². The summed E-state index contributed by atoms with van der Waals surface area (Å²) in [5.74, 6) is 0.226. The fraction of sp³-hybridized carbons (Fsp3) is 0.417. The van der Waals surface area contributed by atoms with Gasteiger partial charge in [-0.15, -0.1) is 0 Å². The van der Waals surface area contributed by atoms with Gasteiger partial charge in [-0.3, -0.25) is 14.5 Å². The molecule has 1 saturated heterocycles. The number of hydrogen-bond donors (Lipinski definition) is 1. The van der Waals surface area contributed by atoms with E-state index in [1.165, 1.54) is 11.1 Å². The Morgan fingerprint density at radius 2 is 1.79 bits per heavy atom. The molecular formula is C24H26N2O2. The Morgan fingerprint density at radius 1 is 1.04 bits per heavy atom. The van der Waals surface area contributed by atoms with Gasteiger partial charge in [-0.2, -0.15) is 0 Å². The van der Waals surface area contributed by atoms with Crippen LogP contribution in [0.1, 0.15) is 48.3 Å². The number of anilines is 1. The first-order valence-electron chi connectivity index (χ1n) is 10.2. The van der Waals surface area contributed by atoms with E-state index in [-0.39, 0.29) is 17.6 Å². The van der Waals surface area contributed by atoms with Crippen molar-refractivity contribution >= 4 is 17.4 Å². The van der Waals surface area contributed by atoms with E-state index in [1.54, 1.807) is 0 Å². The predicted octanol–water partition coefficient (Wildman–Crippen LogP) is 4.00. The van der Waals surface area contributed by atoms with Crippen molar-refractivity contribution in [1.29, 1.82) is 0 Å². The molecule has 2 aromatic carbocycles. The van der Waals surface area contributed by atoms with Gasteiger partial charge in [0.1, 0.15) is 11.3 Å². The molecule has 2 spiro atoms. The number of rotatable bonds is 1. The zero-order valence-corrected chi connectivity index (χ0v) is 16.5. The second-order valence-corrected chi connectivity index (χ2v) is 8.66. The van der Waals surface area contributed by atoms with Crippen LogP contribution in [-0.2, 0) is 15.1 Å². The molecule has 1 N–H and O–H groups in total. The molecule has 2 fully saturated rings. The highest BCUT2D eigenvalue weighted by atomic mass is 16.2. The maximum atomic E-state index is 13.7. The zero-order valence-electron chi connectivity index (χ0n) is 16.5. The summed E-state index contributed by atoms with van der Waals surface area (Å²) >= 11 is 0. The molecule has 2 heterocycles. The van der Waals surface area contributed by atoms with E-state index >= 15 is 0 Å². The molecule has 0 radical (unpaired) electrons. The summed E-state index contributed by atoms with van der Waals surface area (Å²) in [7, 11) is 2.01. The Labute approximate surface area is 165 Å². The summed E-state index contributed by atoms with van der Waals surface area (Å²) in [6, 6.07) is 16.4. The van der Waals surface area contributed by atoms with Crippen molar-refractivity contribution < 1.29 is 9.59 Å². The Morgan fingerprint density at radius 3 is 2.54 bits per heavy atom. The van der Waals surface area contributed by atoms with Gasteiger partial charge in [0.2, 0.25) is 0 Å². The third-order valence-corrected chi connectivity index (χ3v) is 7.37. The van der Waals surface area contributed by atoms with Gasteiger partial charge < -0.3 is 5.32 Å². The lowest BCUT2D eigenvalue weighted by atomic mass is 9.54. The second-order valence-electron chi connectivity index (χ2n) is 8.66. The standard InChI is InChI=1S/C24H26N2O2/c1-16-10-12-17(13-11-16)19-15-26(2)24(23(19)14-6-5-9-21(23)27)18-7-3-4-8-20(18)25-22(24)28/h3-4,7-8,10-13,19H,5-6,9,14-15H2,1-2H3,(H,25,28)/t19-,23+,24+/m0/s1. The highest BCUT2D eigenvalue weighted by Gasteiger charge is 2.73. The summed E-state index contributed by atoms with van der Waals surface area (Å²) in [6.07, 6.45) is 3.23. The van der Waals surface area contributed by atoms with Gasteiger partial charge >= 0.3 is 0 Å². The van der Waals surface area contributed by atoms with Gasteiger partial charge in [-0.1, -0.05) is 54.4 Å². The van der Waals surface area contributed by atoms with Crippen LogP contribution in [0.15, 0.2) is 48.5 Å². The van der Waals surface area contributed by atoms with Gasteiger partial charge in [0.15, 0.2) is 0 Å². The number of amides is 1. The van der Waals surface area contributed by atoms with Crippen LogP contribution in [0.5, 0.6) is 0 Å². The number of likely N-dealkylation sites (N-methyl/N-ethyl adjacent to an activating group) is 1. The molecule has 144 valence electrons. The number of carbonyl (C=O) groups is 2. The lowest BCUT2D eigenvalue weighted by molar-refractivity contribution is -0.148. The lowest BCUT2D eigenvalue weighted by Gasteiger charge is -2.48. The van der Waals surface area contributed by atoms with Crippen LogP contribution in [0.25, 0.3) is 0 Å². The first kappa shape index (κ1) is 17.6. The lowest BCUT2D eigenvalue weighted by Crippen LogP contribution is -2.59. The average molecular weight is 374 g/mol. The van der Waals surface area contributed by atoms with Crippen LogP contribution >= 0.6 is 0 Å². The van der Waals surface area contributed by atoms with Gasteiger partial charge in [0.25, 0.3) is 5.91 Å². The minimum absolute atomic E-state index is 0.0165. The van der Waals surface area contributed by atoms with E-state index in [4.69, 9.17) is 0 Å². The fourth-order valence-electron chi connectivity index (χ4n) is 6.22. The third-order valence-electron chi connectivity index (χ3n) is 7.37. The predicted molar refractivity (Wildman–Crippen MR) is 109 cm³/mol. The van der Waals surface area contributed by atoms with Crippen molar-refractivity contribution in [2.24, 2.45) is 5.41 Å². The van der Waals surface area contributed by atoms with Gasteiger partial charge in [0.05, 0.1) is 5.41 Å². The number of carbonyl (C=O) groups excluding carboxylic acids is 2. The summed E-state index contributed by atoms with van der Waals surface area (Å²) in [6.45, 7) is 2.78. The minimum atomic E-state index is -0.920. The van der Waals surface area contributed by atoms with Crippen LogP contribution in [0.4, 0.5) is 5.69 Å². The molecule has 4 nitrogen and oxygen atoms in total. The molecule has 1 saturated carbocycles. The van der Waals surface area contributed by atoms with Crippen LogP contribution in [0, 0.1) is 12.3 Å². The number of para-hydroxylation sites is 1. The van der Waals surface area contributed by atoms with Crippen LogP contribution in [-0.4, -0.2) is 30.2 Å². The topological polar surface area (TPSA) is 49.4 Å². The monoisotopic (exact) mass is 374 g/mol. The van der Waals surface area contributed by atoms with Crippen LogP contribution in [0.3, 0.4) is 0 Å². The molecule has 28 heavy (non-hydrogen) atoms. The first-order valence-corrected chi connectivity index (χ1v) is 10.2. The highest BCUT2D eigenvalue weighted by Crippen LogP contribution is 2.65. The van der Waals surface area contributed by atoms with Gasteiger partial charge in [0, 0.05) is 30.1 Å². The maximum absolute atomic E-state index is 13.7.